The Morgan fingerprint density at radius 1 is 1.12 bits per heavy atom. The van der Waals surface area contributed by atoms with Gasteiger partial charge in [0.25, 0.3) is 5.91 Å². The normalized spacial score (nSPS) is 26.7. The largest absolute Gasteiger partial charge is 0.461 e. The zero-order chi connectivity index (χ0) is 33.2. The molecule has 0 radical (unpaired) electrons. The Morgan fingerprint density at radius 2 is 1.98 bits per heavy atom. The number of carbonyl (C=O) groups excluding carboxylic acids is 1. The second-order valence-electron chi connectivity index (χ2n) is 14.7. The summed E-state index contributed by atoms with van der Waals surface area (Å²) in [5.74, 6) is 3.43. The summed E-state index contributed by atoms with van der Waals surface area (Å²) >= 11 is 0. The topological polar surface area (TPSA) is 82.9 Å². The van der Waals surface area contributed by atoms with Crippen LogP contribution in [0.4, 0.5) is 10.2 Å². The van der Waals surface area contributed by atoms with Crippen molar-refractivity contribution in [3.63, 3.8) is 0 Å². The molecule has 1 aromatic carbocycles. The third kappa shape index (κ3) is 4.98. The fourth-order valence-electron chi connectivity index (χ4n) is 9.26. The molecular weight excluding hydrogens is 607 g/mol. The molecule has 2 saturated heterocycles. The molecule has 0 N–H and O–H groups in total. The number of aromatic nitrogens is 4. The van der Waals surface area contributed by atoms with Gasteiger partial charge in [0.1, 0.15) is 18.6 Å². The van der Waals surface area contributed by atoms with Gasteiger partial charge in [-0.1, -0.05) is 30.2 Å². The van der Waals surface area contributed by atoms with Gasteiger partial charge in [-0.3, -0.25) is 19.3 Å². The van der Waals surface area contributed by atoms with Crippen LogP contribution >= 0.6 is 0 Å². The Balaban J connectivity index is 1.20. The molecule has 3 atom stereocenters. The van der Waals surface area contributed by atoms with Crippen LogP contribution < -0.4 is 9.64 Å². The molecule has 48 heavy (non-hydrogen) atoms. The minimum absolute atomic E-state index is 0.159. The predicted octanol–water partition coefficient (Wildman–Crippen LogP) is 3.94. The first-order valence-corrected chi connectivity index (χ1v) is 17.5. The number of nitrogens with zero attached hydrogens (tertiary/aromatic N) is 8. The minimum atomic E-state index is -0.827. The molecule has 1 amide bonds. The van der Waals surface area contributed by atoms with E-state index in [0.717, 1.165) is 80.8 Å². The highest BCUT2D eigenvalue weighted by molar-refractivity contribution is 5.94. The average Bonchev–Trinajstić information content (AvgIpc) is 3.67. The number of likely N-dealkylation sites (N-methyl/N-ethyl adjacent to an activating group) is 1. The number of hydrogen-bond donors (Lipinski definition) is 0. The van der Waals surface area contributed by atoms with Crippen molar-refractivity contribution in [2.75, 3.05) is 52.3 Å². The van der Waals surface area contributed by atoms with Gasteiger partial charge in [0.2, 0.25) is 0 Å². The van der Waals surface area contributed by atoms with Crippen LogP contribution in [-0.2, 0) is 38.0 Å². The first-order chi connectivity index (χ1) is 23.2. The number of benzene rings is 1. The average molecular weight is 653 g/mol. The number of rotatable bonds is 5. The summed E-state index contributed by atoms with van der Waals surface area (Å²) < 4.78 is 23.1. The van der Waals surface area contributed by atoms with Gasteiger partial charge in [-0.25, -0.2) is 4.39 Å². The molecule has 1 spiro atoms. The number of terminal acetylenes is 1. The van der Waals surface area contributed by atoms with E-state index in [1.54, 1.807) is 14.1 Å². The quantitative estimate of drug-likeness (QED) is 0.384. The van der Waals surface area contributed by atoms with E-state index >= 15 is 0 Å². The van der Waals surface area contributed by atoms with Gasteiger partial charge in [-0.15, -0.1) is 6.42 Å². The van der Waals surface area contributed by atoms with Gasteiger partial charge in [-0.05, 0) is 63.2 Å². The molecule has 252 valence electrons. The number of aryl methyl sites for hydroxylation is 2. The molecule has 6 heterocycles. The van der Waals surface area contributed by atoms with Crippen molar-refractivity contribution in [3.05, 3.63) is 63.6 Å². The summed E-state index contributed by atoms with van der Waals surface area (Å²) in [6.07, 6.45) is 12.5. The Hall–Kier alpha value is -4.01. The Morgan fingerprint density at radius 3 is 2.81 bits per heavy atom. The number of anilines is 1. The lowest BCUT2D eigenvalue weighted by Gasteiger charge is -2.49. The standard InChI is InChI=1S/C37H45FN8O2/c1-5-27-31-23-44(16-10-18-46(31)41-32(27)34(47)42(2)3)33-28-22-43(4)37(15-8-12-25-11-6-7-13-29(25)37)20-30(28)39-35(40-33)48-24-36-14-9-17-45(36)21-26(38)19-36/h1,6-7,11,13,26H,8-10,12,14-24H2,2-4H3/t26-,36+,37+/m1/s1. The summed E-state index contributed by atoms with van der Waals surface area (Å²) in [6, 6.07) is 9.21. The lowest BCUT2D eigenvalue weighted by molar-refractivity contribution is 0.0714. The summed E-state index contributed by atoms with van der Waals surface area (Å²) in [6.45, 7) is 4.32. The van der Waals surface area contributed by atoms with Crippen molar-refractivity contribution in [2.24, 2.45) is 0 Å². The van der Waals surface area contributed by atoms with Crippen molar-refractivity contribution in [1.29, 1.82) is 0 Å². The number of ether oxygens (including phenoxy) is 1. The highest BCUT2D eigenvalue weighted by Crippen LogP contribution is 2.47. The molecule has 4 aliphatic heterocycles. The van der Waals surface area contributed by atoms with Crippen molar-refractivity contribution in [2.45, 2.75) is 88.3 Å². The van der Waals surface area contributed by atoms with Crippen molar-refractivity contribution < 1.29 is 13.9 Å². The number of hydrogen-bond acceptors (Lipinski definition) is 8. The van der Waals surface area contributed by atoms with Crippen LogP contribution in [0.25, 0.3) is 0 Å². The number of alkyl halides is 1. The van der Waals surface area contributed by atoms with E-state index < -0.39 is 6.17 Å². The second-order valence-corrected chi connectivity index (χ2v) is 14.7. The number of carbonyl (C=O) groups is 1. The minimum Gasteiger partial charge on any atom is -0.461 e. The van der Waals surface area contributed by atoms with Gasteiger partial charge in [0, 0.05) is 58.7 Å². The molecule has 0 saturated carbocycles. The zero-order valence-electron chi connectivity index (χ0n) is 28.3. The predicted molar refractivity (Wildman–Crippen MR) is 181 cm³/mol. The van der Waals surface area contributed by atoms with E-state index in [1.807, 2.05) is 4.68 Å². The maximum Gasteiger partial charge on any atom is 0.318 e. The maximum atomic E-state index is 14.6. The monoisotopic (exact) mass is 652 g/mol. The zero-order valence-corrected chi connectivity index (χ0v) is 28.3. The fraction of sp³-hybridized carbons (Fsp3) is 0.568. The molecule has 3 aromatic rings. The number of fused-ring (bicyclic) bond motifs is 5. The molecule has 8 rings (SSSR count). The van der Waals surface area contributed by atoms with Crippen molar-refractivity contribution in [3.8, 4) is 18.4 Å². The van der Waals surface area contributed by atoms with Crippen molar-refractivity contribution in [1.82, 2.24) is 34.4 Å². The lowest BCUT2D eigenvalue weighted by atomic mass is 9.71. The molecule has 11 heteroatoms. The molecule has 5 aliphatic rings. The summed E-state index contributed by atoms with van der Waals surface area (Å²) in [4.78, 5) is 31.9. The van der Waals surface area contributed by atoms with Gasteiger partial charge in [-0.2, -0.15) is 15.1 Å². The summed E-state index contributed by atoms with van der Waals surface area (Å²) in [5, 5.41) is 4.69. The summed E-state index contributed by atoms with van der Waals surface area (Å²) in [5.41, 5.74) is 6.16. The van der Waals surface area contributed by atoms with Crippen LogP contribution in [0, 0.1) is 12.3 Å². The lowest BCUT2D eigenvalue weighted by Crippen LogP contribution is -2.51. The Labute approximate surface area is 282 Å². The van der Waals surface area contributed by atoms with Crippen LogP contribution in [0.2, 0.25) is 0 Å². The summed E-state index contributed by atoms with van der Waals surface area (Å²) in [7, 11) is 5.66. The maximum absolute atomic E-state index is 14.6. The Kier molecular flexibility index (Phi) is 7.72. The van der Waals surface area contributed by atoms with E-state index in [-0.39, 0.29) is 17.0 Å². The van der Waals surface area contributed by atoms with Crippen LogP contribution in [-0.4, -0.2) is 99.5 Å². The molecule has 2 fully saturated rings. The molecule has 0 unspecified atom stereocenters. The van der Waals surface area contributed by atoms with Gasteiger partial charge in [0.15, 0.2) is 5.69 Å². The molecule has 0 bridgehead atoms. The van der Waals surface area contributed by atoms with Gasteiger partial charge in [0.05, 0.1) is 34.6 Å². The van der Waals surface area contributed by atoms with Gasteiger partial charge >= 0.3 is 6.01 Å². The molecule has 10 nitrogen and oxygen atoms in total. The molecule has 1 aliphatic carbocycles. The van der Waals surface area contributed by atoms with E-state index in [1.165, 1.54) is 16.0 Å². The highest BCUT2D eigenvalue weighted by Gasteiger charge is 2.50. The van der Waals surface area contributed by atoms with Crippen LogP contribution in [0.3, 0.4) is 0 Å². The van der Waals surface area contributed by atoms with E-state index in [0.29, 0.717) is 56.5 Å². The van der Waals surface area contributed by atoms with Crippen molar-refractivity contribution >= 4 is 11.7 Å². The van der Waals surface area contributed by atoms with E-state index in [2.05, 4.69) is 51.9 Å². The first-order valence-electron chi connectivity index (χ1n) is 17.5. The van der Waals surface area contributed by atoms with Crippen LogP contribution in [0.1, 0.15) is 82.7 Å². The SMILES string of the molecule is C#Cc1c(C(=O)N(C)C)nn2c1CN(c1nc(OC[C@@]34CCCN3C[C@H](F)C4)nc3c1CN(C)[C@@]1(CCCc4ccccc41)C3)CCC2. The van der Waals surface area contributed by atoms with Gasteiger partial charge < -0.3 is 14.5 Å². The van der Waals surface area contributed by atoms with Crippen LogP contribution in [0.5, 0.6) is 6.01 Å². The Bertz CT molecular complexity index is 1800. The first kappa shape index (κ1) is 31.3. The highest BCUT2D eigenvalue weighted by atomic mass is 19.1. The number of halogens is 1. The molecule has 2 aromatic heterocycles. The fourth-order valence-corrected chi connectivity index (χ4v) is 9.26. The number of amides is 1. The third-order valence-electron chi connectivity index (χ3n) is 11.7. The van der Waals surface area contributed by atoms with E-state index in [9.17, 15) is 9.18 Å². The smallest absolute Gasteiger partial charge is 0.318 e. The third-order valence-corrected chi connectivity index (χ3v) is 11.7. The second kappa shape index (κ2) is 11.8. The molecular formula is C37H45FN8O2. The van der Waals surface area contributed by atoms with E-state index in [4.69, 9.17) is 26.2 Å². The van der Waals surface area contributed by atoms with Crippen LogP contribution in [0.15, 0.2) is 24.3 Å².